The van der Waals surface area contributed by atoms with Crippen molar-refractivity contribution in [2.24, 2.45) is 5.73 Å². The third-order valence-corrected chi connectivity index (χ3v) is 7.18. The number of ether oxygens (including phenoxy) is 1. The molecule has 206 valence electrons. The van der Waals surface area contributed by atoms with Gasteiger partial charge in [0.2, 0.25) is 5.91 Å². The number of nitrogens with zero attached hydrogens (tertiary/aromatic N) is 2. The van der Waals surface area contributed by atoms with Crippen LogP contribution in [0.25, 0.3) is 0 Å². The summed E-state index contributed by atoms with van der Waals surface area (Å²) in [6.07, 6.45) is 0.550. The summed E-state index contributed by atoms with van der Waals surface area (Å²) in [6, 6.07) is 18.4. The molecule has 1 aromatic heterocycles. The number of nitrogens with two attached hydrogens (primary N) is 2. The normalized spacial score (nSPS) is 11.5. The Bertz CT molecular complexity index is 1520. The van der Waals surface area contributed by atoms with Gasteiger partial charge < -0.3 is 21.5 Å². The van der Waals surface area contributed by atoms with E-state index in [9.17, 15) is 18.8 Å². The van der Waals surface area contributed by atoms with Gasteiger partial charge in [-0.3, -0.25) is 19.3 Å². The molecule has 3 amide bonds. The second-order valence-electron chi connectivity index (χ2n) is 8.82. The van der Waals surface area contributed by atoms with Crippen molar-refractivity contribution in [1.82, 2.24) is 9.69 Å². The maximum Gasteiger partial charge on any atom is 0.273 e. The summed E-state index contributed by atoms with van der Waals surface area (Å²) >= 11 is 0.719. The number of carbonyl (C=O) groups excluding carboxylic acids is 3. The highest BCUT2D eigenvalue weighted by Gasteiger charge is 2.36. The van der Waals surface area contributed by atoms with Crippen LogP contribution >= 0.6 is 11.5 Å². The molecule has 0 aliphatic heterocycles. The van der Waals surface area contributed by atoms with Crippen molar-refractivity contribution in [1.29, 1.82) is 0 Å². The summed E-state index contributed by atoms with van der Waals surface area (Å²) in [6.45, 7) is 2.08. The minimum Gasteiger partial charge on any atom is -0.497 e. The van der Waals surface area contributed by atoms with E-state index in [2.05, 4.69) is 9.69 Å². The maximum absolute atomic E-state index is 14.2. The van der Waals surface area contributed by atoms with E-state index in [0.29, 0.717) is 23.4 Å². The molecule has 1 heterocycles. The highest BCUT2D eigenvalue weighted by Crippen LogP contribution is 2.35. The number of aromatic nitrogens is 1. The van der Waals surface area contributed by atoms with Gasteiger partial charge in [-0.2, -0.15) is 4.37 Å². The topological polar surface area (TPSA) is 141 Å². The third-order valence-electron chi connectivity index (χ3n) is 6.32. The van der Waals surface area contributed by atoms with Crippen LogP contribution in [0.15, 0.2) is 72.8 Å². The number of amides is 3. The predicted molar refractivity (Wildman–Crippen MR) is 152 cm³/mol. The fourth-order valence-electron chi connectivity index (χ4n) is 4.24. The zero-order chi connectivity index (χ0) is 28.8. The molecule has 4 aromatic rings. The first-order valence-corrected chi connectivity index (χ1v) is 13.1. The lowest BCUT2D eigenvalue weighted by Gasteiger charge is -2.32. The molecule has 0 saturated carbocycles. The molecule has 0 fully saturated rings. The van der Waals surface area contributed by atoms with Gasteiger partial charge in [0.25, 0.3) is 11.8 Å². The van der Waals surface area contributed by atoms with E-state index in [1.165, 1.54) is 29.2 Å². The van der Waals surface area contributed by atoms with E-state index in [0.717, 1.165) is 22.7 Å². The summed E-state index contributed by atoms with van der Waals surface area (Å²) < 4.78 is 23.1. The number of primary amides is 1. The van der Waals surface area contributed by atoms with Gasteiger partial charge in [0.05, 0.1) is 12.8 Å². The number of halogens is 1. The number of aryl methyl sites for hydroxylation is 1. The van der Waals surface area contributed by atoms with Gasteiger partial charge in [0.1, 0.15) is 22.5 Å². The van der Waals surface area contributed by atoms with Crippen molar-refractivity contribution in [3.8, 4) is 5.75 Å². The van der Waals surface area contributed by atoms with Gasteiger partial charge in [0, 0.05) is 12.2 Å². The third kappa shape index (κ3) is 5.94. The average molecular weight is 562 g/mol. The summed E-state index contributed by atoms with van der Waals surface area (Å²) in [5, 5.41) is 2.90. The van der Waals surface area contributed by atoms with Gasteiger partial charge >= 0.3 is 0 Å². The van der Waals surface area contributed by atoms with Crippen molar-refractivity contribution in [2.75, 3.05) is 17.7 Å². The molecule has 11 heteroatoms. The second kappa shape index (κ2) is 12.4. The van der Waals surface area contributed by atoms with Gasteiger partial charge in [-0.25, -0.2) is 4.39 Å². The van der Waals surface area contributed by atoms with Crippen LogP contribution in [0, 0.1) is 5.82 Å². The summed E-state index contributed by atoms with van der Waals surface area (Å²) in [7, 11) is 1.56. The van der Waals surface area contributed by atoms with Crippen molar-refractivity contribution < 1.29 is 23.5 Å². The van der Waals surface area contributed by atoms with E-state index in [1.807, 2.05) is 31.2 Å². The van der Waals surface area contributed by atoms with Crippen LogP contribution in [0.5, 0.6) is 5.75 Å². The zero-order valence-electron chi connectivity index (χ0n) is 21.9. The first kappa shape index (κ1) is 28.2. The number of para-hydroxylation sites is 1. The summed E-state index contributed by atoms with van der Waals surface area (Å²) in [5.41, 5.74) is 13.5. The Kier molecular flexibility index (Phi) is 8.75. The molecule has 4 rings (SSSR count). The molecule has 1 atom stereocenters. The number of nitrogen functional groups attached to an aromatic ring is 1. The molecule has 0 radical (unpaired) electrons. The minimum absolute atomic E-state index is 0.0465. The maximum atomic E-state index is 14.2. The second-order valence-corrected chi connectivity index (χ2v) is 9.59. The van der Waals surface area contributed by atoms with Crippen LogP contribution < -0.4 is 26.4 Å². The van der Waals surface area contributed by atoms with Crippen molar-refractivity contribution in [3.05, 3.63) is 106 Å². The van der Waals surface area contributed by atoms with E-state index in [4.69, 9.17) is 16.2 Å². The molecule has 0 bridgehead atoms. The smallest absolute Gasteiger partial charge is 0.273 e. The zero-order valence-corrected chi connectivity index (χ0v) is 22.7. The van der Waals surface area contributed by atoms with E-state index in [1.54, 1.807) is 31.4 Å². The van der Waals surface area contributed by atoms with Crippen molar-refractivity contribution >= 4 is 40.6 Å². The Morgan fingerprint density at radius 1 is 1.05 bits per heavy atom. The van der Waals surface area contributed by atoms with Crippen LogP contribution in [-0.4, -0.2) is 29.2 Å². The molecule has 5 N–H and O–H groups in total. The molecule has 0 aliphatic carbocycles. The van der Waals surface area contributed by atoms with Crippen LogP contribution in [0.4, 0.5) is 15.8 Å². The molecule has 0 unspecified atom stereocenters. The Morgan fingerprint density at radius 3 is 2.33 bits per heavy atom. The number of hydrogen-bond acceptors (Lipinski definition) is 7. The molecule has 0 spiro atoms. The number of nitrogens with one attached hydrogen (secondary N) is 1. The van der Waals surface area contributed by atoms with Crippen LogP contribution in [0.1, 0.15) is 49.8 Å². The molecule has 3 aromatic carbocycles. The highest BCUT2D eigenvalue weighted by molar-refractivity contribution is 7.09. The molecule has 0 saturated heterocycles. The molecular formula is C29H28FN5O4S. The van der Waals surface area contributed by atoms with Gasteiger partial charge in [-0.1, -0.05) is 49.4 Å². The fraction of sp³-hybridized carbons (Fsp3) is 0.172. The number of hydrogen-bond donors (Lipinski definition) is 3. The Labute approximate surface area is 234 Å². The number of benzene rings is 3. The Balaban J connectivity index is 1.83. The molecule has 40 heavy (non-hydrogen) atoms. The highest BCUT2D eigenvalue weighted by atomic mass is 32.1. The van der Waals surface area contributed by atoms with Crippen LogP contribution in [0.3, 0.4) is 0 Å². The fourth-order valence-corrected chi connectivity index (χ4v) is 4.98. The first-order chi connectivity index (χ1) is 19.2. The van der Waals surface area contributed by atoms with Crippen molar-refractivity contribution in [3.63, 3.8) is 0 Å². The first-order valence-electron chi connectivity index (χ1n) is 12.4. The molecular weight excluding hydrogens is 533 g/mol. The Morgan fingerprint density at radius 2 is 1.73 bits per heavy atom. The minimum atomic E-state index is -1.22. The van der Waals surface area contributed by atoms with Crippen molar-refractivity contribution in [2.45, 2.75) is 25.9 Å². The Hall–Kier alpha value is -4.77. The molecule has 0 aliphatic rings. The standard InChI is InChI=1S/C29H28FN5O4S/c1-3-18-6-4-5-7-22(18)35(29(38)26-23(31)24(27(32)36)34-40-26)25(19-10-12-20(30)13-11-19)28(37)33-16-17-8-14-21(39-2)15-9-17/h4-15,25H,3,16,31H2,1-2H3,(H2,32,36)(H,33,37)/t25-/m1/s1. The number of rotatable bonds is 10. The van der Waals surface area contributed by atoms with Crippen LogP contribution in [0.2, 0.25) is 0 Å². The SMILES string of the molecule is CCc1ccccc1N(C(=O)c1snc(C(N)=O)c1N)[C@@H](C(=O)NCc1ccc(OC)cc1)c1ccc(F)cc1. The monoisotopic (exact) mass is 561 g/mol. The van der Waals surface area contributed by atoms with Gasteiger partial charge in [-0.05, 0) is 65.0 Å². The van der Waals surface area contributed by atoms with Gasteiger partial charge in [-0.15, -0.1) is 0 Å². The summed E-state index contributed by atoms with van der Waals surface area (Å²) in [4.78, 5) is 41.2. The average Bonchev–Trinajstić information content (AvgIpc) is 3.36. The lowest BCUT2D eigenvalue weighted by Crippen LogP contribution is -2.44. The lowest BCUT2D eigenvalue weighted by atomic mass is 10.00. The van der Waals surface area contributed by atoms with E-state index in [-0.39, 0.29) is 22.8 Å². The quantitative estimate of drug-likeness (QED) is 0.265. The number of methoxy groups -OCH3 is 1. The van der Waals surface area contributed by atoms with E-state index >= 15 is 0 Å². The number of anilines is 2. The van der Waals surface area contributed by atoms with Gasteiger partial charge in [0.15, 0.2) is 5.69 Å². The summed E-state index contributed by atoms with van der Waals surface area (Å²) in [5.74, 6) is -1.87. The predicted octanol–water partition coefficient (Wildman–Crippen LogP) is 4.24. The van der Waals surface area contributed by atoms with E-state index < -0.39 is 29.6 Å². The largest absolute Gasteiger partial charge is 0.497 e. The van der Waals surface area contributed by atoms with Crippen LogP contribution in [-0.2, 0) is 17.8 Å². The lowest BCUT2D eigenvalue weighted by molar-refractivity contribution is -0.122. The molecule has 9 nitrogen and oxygen atoms in total. The number of carbonyl (C=O) groups is 3.